The molecule has 1 unspecified atom stereocenters. The molecule has 1 rings (SSSR count). The molecule has 1 saturated carbocycles. The molecule has 1 aliphatic rings. The zero-order valence-electron chi connectivity index (χ0n) is 12.1. The second-order valence-electron chi connectivity index (χ2n) is 5.47. The Bertz CT molecular complexity index is 271. The van der Waals surface area contributed by atoms with Gasteiger partial charge in [-0.3, -0.25) is 10.1 Å². The van der Waals surface area contributed by atoms with Gasteiger partial charge in [-0.1, -0.05) is 6.42 Å². The van der Waals surface area contributed by atoms with Gasteiger partial charge in [0.2, 0.25) is 0 Å². The Labute approximate surface area is 120 Å². The molecule has 0 saturated heterocycles. The minimum absolute atomic E-state index is 0.435. The van der Waals surface area contributed by atoms with Gasteiger partial charge in [0, 0.05) is 19.8 Å². The zero-order valence-corrected chi connectivity index (χ0v) is 12.9. The monoisotopic (exact) mass is 289 g/mol. The Morgan fingerprint density at radius 3 is 2.63 bits per heavy atom. The second kappa shape index (κ2) is 8.82. The molecule has 5 heteroatoms. The first-order valence-corrected chi connectivity index (χ1v) is 8.32. The van der Waals surface area contributed by atoms with Crippen LogP contribution in [0.1, 0.15) is 45.4 Å². The van der Waals surface area contributed by atoms with E-state index < -0.39 is 11.5 Å². The van der Waals surface area contributed by atoms with Gasteiger partial charge in [-0.2, -0.15) is 11.8 Å². The molecule has 1 fully saturated rings. The van der Waals surface area contributed by atoms with E-state index in [2.05, 4.69) is 5.32 Å². The number of aliphatic carboxylic acids is 1. The highest BCUT2D eigenvalue weighted by Gasteiger charge is 2.37. The summed E-state index contributed by atoms with van der Waals surface area (Å²) >= 11 is 1.93. The van der Waals surface area contributed by atoms with Crippen molar-refractivity contribution in [2.75, 3.05) is 25.2 Å². The third kappa shape index (κ3) is 7.18. The molecule has 0 radical (unpaired) electrons. The number of nitrogens with one attached hydrogen (secondary N) is 1. The van der Waals surface area contributed by atoms with Gasteiger partial charge in [0.25, 0.3) is 0 Å². The fraction of sp³-hybridized carbons (Fsp3) is 0.929. The molecule has 0 aromatic carbocycles. The molecule has 1 atom stereocenters. The molecule has 0 bridgehead atoms. The highest BCUT2D eigenvalue weighted by molar-refractivity contribution is 7.99. The van der Waals surface area contributed by atoms with Crippen LogP contribution in [0.2, 0.25) is 0 Å². The molecule has 2 N–H and O–H groups in total. The minimum atomic E-state index is -0.734. The van der Waals surface area contributed by atoms with Crippen LogP contribution in [0.3, 0.4) is 0 Å². The van der Waals surface area contributed by atoms with E-state index in [0.29, 0.717) is 6.04 Å². The van der Waals surface area contributed by atoms with Gasteiger partial charge in [0.1, 0.15) is 5.54 Å². The average Bonchev–Trinajstić information content (AvgIpc) is 3.16. The summed E-state index contributed by atoms with van der Waals surface area (Å²) in [4.78, 5) is 11.3. The summed E-state index contributed by atoms with van der Waals surface area (Å²) in [6.07, 6.45) is 6.12. The lowest BCUT2D eigenvalue weighted by molar-refractivity contribution is -0.144. The van der Waals surface area contributed by atoms with Crippen molar-refractivity contribution in [2.45, 2.75) is 57.0 Å². The molecule has 0 aliphatic heterocycles. The summed E-state index contributed by atoms with van der Waals surface area (Å²) in [5.41, 5.74) is -0.734. The Morgan fingerprint density at radius 2 is 2.05 bits per heavy atom. The van der Waals surface area contributed by atoms with E-state index in [-0.39, 0.29) is 0 Å². The molecule has 19 heavy (non-hydrogen) atoms. The lowest BCUT2D eigenvalue weighted by Gasteiger charge is -2.26. The lowest BCUT2D eigenvalue weighted by Crippen LogP contribution is -2.50. The van der Waals surface area contributed by atoms with Crippen molar-refractivity contribution in [3.63, 3.8) is 0 Å². The Hall–Kier alpha value is -0.260. The summed E-state index contributed by atoms with van der Waals surface area (Å²) in [5, 5.41) is 12.6. The Kier molecular flexibility index (Phi) is 7.80. The van der Waals surface area contributed by atoms with E-state index in [4.69, 9.17) is 4.74 Å². The third-order valence-corrected chi connectivity index (χ3v) is 4.58. The SMILES string of the molecule is COCCCSCCCCC(C)(NC1CC1)C(=O)O. The molecule has 0 aromatic heterocycles. The number of methoxy groups -OCH3 is 1. The van der Waals surface area contributed by atoms with Crippen LogP contribution in [0.25, 0.3) is 0 Å². The second-order valence-corrected chi connectivity index (χ2v) is 6.70. The van der Waals surface area contributed by atoms with Crippen molar-refractivity contribution in [3.05, 3.63) is 0 Å². The summed E-state index contributed by atoms with van der Waals surface area (Å²) in [7, 11) is 1.73. The van der Waals surface area contributed by atoms with Crippen LogP contribution >= 0.6 is 11.8 Å². The van der Waals surface area contributed by atoms with Crippen molar-refractivity contribution >= 4 is 17.7 Å². The Balaban J connectivity index is 2.06. The first-order chi connectivity index (χ1) is 9.08. The number of ether oxygens (including phenoxy) is 1. The van der Waals surface area contributed by atoms with E-state index in [9.17, 15) is 9.90 Å². The minimum Gasteiger partial charge on any atom is -0.480 e. The van der Waals surface area contributed by atoms with Crippen LogP contribution < -0.4 is 5.32 Å². The number of thioether (sulfide) groups is 1. The number of unbranched alkanes of at least 4 members (excludes halogenated alkanes) is 1. The number of rotatable bonds is 12. The maximum absolute atomic E-state index is 11.3. The topological polar surface area (TPSA) is 58.6 Å². The van der Waals surface area contributed by atoms with E-state index in [0.717, 1.165) is 56.6 Å². The number of carbonyl (C=O) groups is 1. The summed E-state index contributed by atoms with van der Waals surface area (Å²) in [6.45, 7) is 2.65. The normalized spacial score (nSPS) is 18.2. The van der Waals surface area contributed by atoms with Crippen molar-refractivity contribution < 1.29 is 14.6 Å². The maximum Gasteiger partial charge on any atom is 0.323 e. The first-order valence-electron chi connectivity index (χ1n) is 7.16. The van der Waals surface area contributed by atoms with Crippen LogP contribution in [0.15, 0.2) is 0 Å². The molecule has 4 nitrogen and oxygen atoms in total. The first kappa shape index (κ1) is 16.8. The fourth-order valence-corrected chi connectivity index (χ4v) is 2.94. The molecular weight excluding hydrogens is 262 g/mol. The predicted molar refractivity (Wildman–Crippen MR) is 79.9 cm³/mol. The number of carboxylic acids is 1. The van der Waals surface area contributed by atoms with E-state index in [1.807, 2.05) is 18.7 Å². The molecule has 0 spiro atoms. The maximum atomic E-state index is 11.3. The van der Waals surface area contributed by atoms with Crippen LogP contribution in [0.4, 0.5) is 0 Å². The molecule has 0 amide bonds. The Morgan fingerprint density at radius 1 is 1.37 bits per heavy atom. The largest absolute Gasteiger partial charge is 0.480 e. The van der Waals surface area contributed by atoms with Crippen molar-refractivity contribution in [3.8, 4) is 0 Å². The van der Waals surface area contributed by atoms with Gasteiger partial charge in [-0.25, -0.2) is 0 Å². The van der Waals surface area contributed by atoms with Gasteiger partial charge in [-0.05, 0) is 50.5 Å². The molecule has 112 valence electrons. The standard InChI is InChI=1S/C14H27NO3S/c1-14(13(16)17,15-12-6-7-12)8-3-4-10-19-11-5-9-18-2/h12,15H,3-11H2,1-2H3,(H,16,17). The number of hydrogen-bond donors (Lipinski definition) is 2. The van der Waals surface area contributed by atoms with Crippen molar-refractivity contribution in [1.29, 1.82) is 0 Å². The lowest BCUT2D eigenvalue weighted by atomic mass is 9.95. The fourth-order valence-electron chi connectivity index (χ4n) is 2.01. The molecule has 1 aliphatic carbocycles. The third-order valence-electron chi connectivity index (χ3n) is 3.42. The number of carboxylic acid groups (broad SMARTS) is 1. The quantitative estimate of drug-likeness (QED) is 0.541. The highest BCUT2D eigenvalue weighted by atomic mass is 32.2. The van der Waals surface area contributed by atoms with E-state index in [1.54, 1.807) is 7.11 Å². The van der Waals surface area contributed by atoms with Crippen LogP contribution in [0, 0.1) is 0 Å². The van der Waals surface area contributed by atoms with Gasteiger partial charge in [-0.15, -0.1) is 0 Å². The van der Waals surface area contributed by atoms with Crippen molar-refractivity contribution in [2.24, 2.45) is 0 Å². The van der Waals surface area contributed by atoms with Gasteiger partial charge >= 0.3 is 5.97 Å². The van der Waals surface area contributed by atoms with E-state index in [1.165, 1.54) is 0 Å². The van der Waals surface area contributed by atoms with E-state index >= 15 is 0 Å². The van der Waals surface area contributed by atoms with Crippen LogP contribution in [-0.4, -0.2) is 47.9 Å². The predicted octanol–water partition coefficient (Wildman–Crippen LogP) is 2.52. The summed E-state index contributed by atoms with van der Waals surface area (Å²) < 4.78 is 5.00. The number of hydrogen-bond acceptors (Lipinski definition) is 4. The van der Waals surface area contributed by atoms with Crippen LogP contribution in [-0.2, 0) is 9.53 Å². The zero-order chi connectivity index (χ0) is 14.1. The average molecular weight is 289 g/mol. The van der Waals surface area contributed by atoms with Gasteiger partial charge in [0.15, 0.2) is 0 Å². The molecular formula is C14H27NO3S. The summed E-state index contributed by atoms with van der Waals surface area (Å²) in [6, 6.07) is 0.435. The van der Waals surface area contributed by atoms with Crippen LogP contribution in [0.5, 0.6) is 0 Å². The molecule has 0 heterocycles. The van der Waals surface area contributed by atoms with Gasteiger partial charge in [0.05, 0.1) is 0 Å². The summed E-state index contributed by atoms with van der Waals surface area (Å²) in [5.74, 6) is 1.53. The smallest absolute Gasteiger partial charge is 0.323 e. The van der Waals surface area contributed by atoms with Crippen molar-refractivity contribution in [1.82, 2.24) is 5.32 Å². The van der Waals surface area contributed by atoms with Gasteiger partial charge < -0.3 is 9.84 Å². The highest BCUT2D eigenvalue weighted by Crippen LogP contribution is 2.25. The molecule has 0 aromatic rings.